The van der Waals surface area contributed by atoms with Crippen LogP contribution in [-0.2, 0) is 0 Å². The third-order valence-electron chi connectivity index (χ3n) is 3.02. The molecule has 0 aromatic rings. The van der Waals surface area contributed by atoms with E-state index >= 15 is 0 Å². The second kappa shape index (κ2) is 17.3. The van der Waals surface area contributed by atoms with Crippen molar-refractivity contribution >= 4 is 15.2 Å². The van der Waals surface area contributed by atoms with Crippen LogP contribution in [-0.4, -0.2) is 21.6 Å². The van der Waals surface area contributed by atoms with E-state index in [9.17, 15) is 13.2 Å². The summed E-state index contributed by atoms with van der Waals surface area (Å²) in [6.45, 7) is 4.59. The molecule has 0 atom stereocenters. The van der Waals surface area contributed by atoms with Crippen molar-refractivity contribution in [2.24, 2.45) is 0 Å². The Morgan fingerprint density at radius 3 is 1.30 bits per heavy atom. The molecule has 0 radical (unpaired) electrons. The van der Waals surface area contributed by atoms with E-state index in [1.165, 1.54) is 64.2 Å². The molecule has 0 aliphatic heterocycles. The molecule has 5 heteroatoms. The summed E-state index contributed by atoms with van der Waals surface area (Å²) in [5.41, 5.74) is 0. The topological polar surface area (TPSA) is 23.1 Å². The predicted molar refractivity (Wildman–Crippen MR) is 78.9 cm³/mol. The summed E-state index contributed by atoms with van der Waals surface area (Å²) in [6, 6.07) is 0. The van der Waals surface area contributed by atoms with Gasteiger partial charge in [-0.1, -0.05) is 0 Å². The van der Waals surface area contributed by atoms with Crippen LogP contribution in [0.3, 0.4) is 0 Å². The van der Waals surface area contributed by atoms with Crippen LogP contribution < -0.4 is 5.11 Å². The van der Waals surface area contributed by atoms with Gasteiger partial charge in [0.1, 0.15) is 0 Å². The molecule has 0 fully saturated rings. The van der Waals surface area contributed by atoms with Crippen LogP contribution in [0.4, 0.5) is 13.2 Å². The minimum atomic E-state index is -5.25. The maximum Gasteiger partial charge on any atom is 0.331 e. The molecule has 0 N–H and O–H groups in total. The summed E-state index contributed by atoms with van der Waals surface area (Å²) in [5, 5.41) is 11.2. The van der Waals surface area contributed by atoms with Crippen LogP contribution in [0.5, 0.6) is 0 Å². The van der Waals surface area contributed by atoms with Gasteiger partial charge in [-0.15, -0.1) is 0 Å². The van der Waals surface area contributed by atoms with E-state index in [-0.39, 0.29) is 0 Å². The average molecular weight is 310 g/mol. The summed E-state index contributed by atoms with van der Waals surface area (Å²) in [4.78, 5) is 0. The molecule has 0 amide bonds. The Morgan fingerprint density at radius 1 is 0.700 bits per heavy atom. The largest absolute Gasteiger partial charge is 0.771 e. The van der Waals surface area contributed by atoms with Gasteiger partial charge in [0.05, 0.1) is 0 Å². The van der Waals surface area contributed by atoms with Crippen molar-refractivity contribution in [1.82, 2.24) is 0 Å². The number of rotatable bonds is 12. The zero-order chi connectivity index (χ0) is 15.7. The quantitative estimate of drug-likeness (QED) is 0.353. The van der Waals surface area contributed by atoms with E-state index in [0.717, 1.165) is 15.2 Å². The Kier molecular flexibility index (Phi) is 19.6. The fourth-order valence-corrected chi connectivity index (χ4v) is 3.37. The second-order valence-corrected chi connectivity index (χ2v) is 6.87. The molecule has 0 bridgehead atoms. The van der Waals surface area contributed by atoms with Crippen LogP contribution in [0.25, 0.3) is 0 Å². The third-order valence-corrected chi connectivity index (χ3v) is 4.66. The zero-order valence-corrected chi connectivity index (χ0v) is 14.3. The smallest absolute Gasteiger partial charge is 0.331 e. The second-order valence-electron chi connectivity index (χ2n) is 5.14. The van der Waals surface area contributed by atoms with E-state index in [4.69, 9.17) is 5.11 Å². The monoisotopic (exact) mass is 310 g/mol. The summed E-state index contributed by atoms with van der Waals surface area (Å²) in [5.74, 6) is 0. The van der Waals surface area contributed by atoms with Crippen LogP contribution in [0.15, 0.2) is 0 Å². The zero-order valence-electron chi connectivity index (χ0n) is 13.1. The van der Waals surface area contributed by atoms with Gasteiger partial charge in [-0.05, 0) is 0 Å². The Bertz CT molecular complexity index is 157. The first-order valence-electron chi connectivity index (χ1n) is 8.00. The molecule has 120 valence electrons. The third kappa shape index (κ3) is 36.2. The molecular weight excluding hydrogens is 280 g/mol. The van der Waals surface area contributed by atoms with Crippen molar-refractivity contribution in [2.45, 2.75) is 95.0 Å². The molecule has 0 aliphatic rings. The summed E-state index contributed by atoms with van der Waals surface area (Å²) < 4.78 is 29.4. The number of hydrogen-bond acceptors (Lipinski definition) is 1. The van der Waals surface area contributed by atoms with Crippen molar-refractivity contribution in [1.29, 1.82) is 0 Å². The van der Waals surface area contributed by atoms with Gasteiger partial charge in [-0.2, -0.15) is 13.2 Å². The Hall–Kier alpha value is 0.282. The molecule has 0 aliphatic carbocycles. The fraction of sp³-hybridized carbons (Fsp3) is 1.00. The van der Waals surface area contributed by atoms with Gasteiger partial charge in [0.15, 0.2) is 0 Å². The van der Waals surface area contributed by atoms with Crippen molar-refractivity contribution < 1.29 is 18.3 Å². The molecule has 0 rings (SSSR count). The normalized spacial score (nSPS) is 10.7. The predicted octanol–water partition coefficient (Wildman–Crippen LogP) is 5.33. The number of alkyl halides is 3. The van der Waals surface area contributed by atoms with E-state index in [1.54, 1.807) is 10.6 Å². The van der Waals surface area contributed by atoms with Crippen LogP contribution in [0.1, 0.15) is 78.1 Å². The standard InChI is InChI=1S/2C7H15.CF3O.Al/c2*1-3-5-7-6-4-2;2-1(3,4)5;/h2*1,3-7H2,2H3;;/q;;-1;+1. The van der Waals surface area contributed by atoms with E-state index in [0.29, 0.717) is 0 Å². The van der Waals surface area contributed by atoms with Gasteiger partial charge in [-0.25, -0.2) is 0 Å². The van der Waals surface area contributed by atoms with E-state index in [1.807, 2.05) is 0 Å². The van der Waals surface area contributed by atoms with Gasteiger partial charge >= 0.3 is 110 Å². The maximum absolute atomic E-state index is 9.80. The first-order valence-corrected chi connectivity index (χ1v) is 9.63. The SMILES string of the molecule is CCCCCC[CH2][Al+][CH2]CCCCCC.[O-]C(F)(F)F. The molecule has 0 saturated heterocycles. The summed E-state index contributed by atoms with van der Waals surface area (Å²) in [6.07, 6.45) is 9.40. The van der Waals surface area contributed by atoms with Crippen molar-refractivity contribution in [3.63, 3.8) is 0 Å². The van der Waals surface area contributed by atoms with Crippen LogP contribution >= 0.6 is 0 Å². The molecule has 0 spiro atoms. The Morgan fingerprint density at radius 2 is 1.00 bits per heavy atom. The molecular formula is C15H30AlF3O. The number of halogens is 3. The summed E-state index contributed by atoms with van der Waals surface area (Å²) >= 11 is 0.799. The maximum atomic E-state index is 9.80. The van der Waals surface area contributed by atoms with E-state index < -0.39 is 6.36 Å². The van der Waals surface area contributed by atoms with Gasteiger partial charge in [0.25, 0.3) is 0 Å². The van der Waals surface area contributed by atoms with Crippen molar-refractivity contribution in [2.75, 3.05) is 0 Å². The van der Waals surface area contributed by atoms with Gasteiger partial charge in [0.2, 0.25) is 0 Å². The number of unbranched alkanes of at least 4 members (excludes halogenated alkanes) is 8. The molecule has 0 aromatic heterocycles. The van der Waals surface area contributed by atoms with E-state index in [2.05, 4.69) is 13.8 Å². The molecule has 0 heterocycles. The fourth-order valence-electron chi connectivity index (χ4n) is 1.93. The summed E-state index contributed by atoms with van der Waals surface area (Å²) in [7, 11) is 0. The first kappa shape index (κ1) is 22.6. The van der Waals surface area contributed by atoms with Crippen molar-refractivity contribution in [3.8, 4) is 0 Å². The first-order chi connectivity index (χ1) is 9.41. The molecule has 1 nitrogen and oxygen atoms in total. The molecule has 0 unspecified atom stereocenters. The Labute approximate surface area is 129 Å². The van der Waals surface area contributed by atoms with Crippen LogP contribution in [0.2, 0.25) is 10.6 Å². The van der Waals surface area contributed by atoms with Gasteiger partial charge in [-0.3, -0.25) is 0 Å². The van der Waals surface area contributed by atoms with Crippen molar-refractivity contribution in [3.05, 3.63) is 0 Å². The average Bonchev–Trinajstić information content (AvgIpc) is 2.34. The molecule has 0 saturated carbocycles. The Balaban J connectivity index is 0. The molecule has 0 aromatic carbocycles. The van der Waals surface area contributed by atoms with Gasteiger partial charge in [0, 0.05) is 0 Å². The molecule has 20 heavy (non-hydrogen) atoms. The van der Waals surface area contributed by atoms with Crippen LogP contribution in [0, 0.1) is 0 Å². The minimum Gasteiger partial charge on any atom is -0.771 e. The van der Waals surface area contributed by atoms with Gasteiger partial charge < -0.3 is 5.11 Å². The number of hydrogen-bond donors (Lipinski definition) is 0. The minimum absolute atomic E-state index is 0.799.